The van der Waals surface area contributed by atoms with E-state index in [2.05, 4.69) is 0 Å². The van der Waals surface area contributed by atoms with Crippen molar-refractivity contribution < 1.29 is 18.3 Å². The van der Waals surface area contributed by atoms with E-state index in [0.29, 0.717) is 0 Å². The number of benzene rings is 1. The molecule has 0 aliphatic rings. The number of rotatable bonds is 2. The number of nitro benzene ring substituents is 2. The molecule has 13 heavy (non-hydrogen) atoms. The van der Waals surface area contributed by atoms with Gasteiger partial charge in [0.2, 0.25) is 5.82 Å². The molecule has 1 rings (SSSR count). The first kappa shape index (κ1) is 5.57. The SMILES string of the molecule is [2H]c1c([2H])c([N+](=O)[O-])c([2H])c([N+](=O)[O-])c1F. The standard InChI is InChI=1S/C6H3FN2O4/c7-5-2-1-4(8(10)11)3-6(5)9(12)13/h1-3H/i1D,2D,3D. The summed E-state index contributed by atoms with van der Waals surface area (Å²) in [5.74, 6) is -1.72. The molecule has 68 valence electrons. The lowest BCUT2D eigenvalue weighted by Crippen LogP contribution is -1.95. The Morgan fingerprint density at radius 2 is 1.92 bits per heavy atom. The fourth-order valence-electron chi connectivity index (χ4n) is 0.589. The van der Waals surface area contributed by atoms with Crippen LogP contribution in [0.5, 0.6) is 0 Å². The predicted molar refractivity (Wildman–Crippen MR) is 39.7 cm³/mol. The van der Waals surface area contributed by atoms with Crippen LogP contribution >= 0.6 is 0 Å². The second kappa shape index (κ2) is 3.13. The molecule has 0 fully saturated rings. The molecule has 0 N–H and O–H groups in total. The molecular weight excluding hydrogens is 183 g/mol. The zero-order chi connectivity index (χ0) is 12.6. The zero-order valence-corrected chi connectivity index (χ0v) is 5.91. The van der Waals surface area contributed by atoms with Gasteiger partial charge in [-0.25, -0.2) is 0 Å². The first-order valence-electron chi connectivity index (χ1n) is 4.37. The average molecular weight is 189 g/mol. The monoisotopic (exact) mass is 189 g/mol. The van der Waals surface area contributed by atoms with Gasteiger partial charge in [-0.3, -0.25) is 20.2 Å². The average Bonchev–Trinajstić information content (AvgIpc) is 2.13. The van der Waals surface area contributed by atoms with E-state index in [4.69, 9.17) is 4.11 Å². The third kappa shape index (κ3) is 1.75. The lowest BCUT2D eigenvalue weighted by Gasteiger charge is -1.93. The maximum atomic E-state index is 13.1. The Hall–Kier alpha value is -2.05. The Morgan fingerprint density at radius 1 is 1.31 bits per heavy atom. The number of hydrogen-bond acceptors (Lipinski definition) is 4. The third-order valence-corrected chi connectivity index (χ3v) is 1.10. The van der Waals surface area contributed by atoms with Gasteiger partial charge in [-0.2, -0.15) is 4.39 Å². The van der Waals surface area contributed by atoms with Crippen molar-refractivity contribution in [1.29, 1.82) is 0 Å². The molecule has 7 heteroatoms. The van der Waals surface area contributed by atoms with Crippen LogP contribution in [0.15, 0.2) is 18.1 Å². The molecule has 0 saturated carbocycles. The maximum absolute atomic E-state index is 13.1. The smallest absolute Gasteiger partial charge is 0.258 e. The topological polar surface area (TPSA) is 86.3 Å². The van der Waals surface area contributed by atoms with E-state index in [1.165, 1.54) is 0 Å². The van der Waals surface area contributed by atoms with Gasteiger partial charge >= 0.3 is 5.69 Å². The summed E-state index contributed by atoms with van der Waals surface area (Å²) < 4.78 is 34.2. The van der Waals surface area contributed by atoms with Gasteiger partial charge in [0.25, 0.3) is 5.69 Å². The van der Waals surface area contributed by atoms with Crippen LogP contribution < -0.4 is 0 Å². The summed E-state index contributed by atoms with van der Waals surface area (Å²) in [5.41, 5.74) is -2.72. The predicted octanol–water partition coefficient (Wildman–Crippen LogP) is 1.64. The van der Waals surface area contributed by atoms with Crippen molar-refractivity contribution in [3.05, 3.63) is 44.2 Å². The molecule has 1 aromatic rings. The summed E-state index contributed by atoms with van der Waals surface area (Å²) in [6.07, 6.45) is 0. The second-order valence-electron chi connectivity index (χ2n) is 1.90. The van der Waals surface area contributed by atoms with Gasteiger partial charge in [-0.05, 0) is 6.04 Å². The molecule has 0 spiro atoms. The van der Waals surface area contributed by atoms with Gasteiger partial charge in [0.15, 0.2) is 0 Å². The van der Waals surface area contributed by atoms with Crippen molar-refractivity contribution in [1.82, 2.24) is 0 Å². The van der Waals surface area contributed by atoms with Gasteiger partial charge in [0, 0.05) is 6.04 Å². The van der Waals surface area contributed by atoms with Crippen LogP contribution in [0.25, 0.3) is 0 Å². The normalized spacial score (nSPS) is 12.8. The molecule has 1 aromatic carbocycles. The number of hydrogen-bond donors (Lipinski definition) is 0. The minimum Gasteiger partial charge on any atom is -0.258 e. The van der Waals surface area contributed by atoms with Gasteiger partial charge in [-0.1, -0.05) is 0 Å². The zero-order valence-electron chi connectivity index (χ0n) is 8.91. The Bertz CT molecular complexity index is 466. The highest BCUT2D eigenvalue weighted by Gasteiger charge is 2.18. The molecule has 0 aliphatic heterocycles. The second-order valence-corrected chi connectivity index (χ2v) is 1.90. The highest BCUT2D eigenvalue weighted by molar-refractivity contribution is 5.43. The molecule has 6 nitrogen and oxygen atoms in total. The molecule has 0 unspecified atom stereocenters. The lowest BCUT2D eigenvalue weighted by molar-refractivity contribution is -0.395. The van der Waals surface area contributed by atoms with Gasteiger partial charge in [0.1, 0.15) is 0 Å². The third-order valence-electron chi connectivity index (χ3n) is 1.10. The number of halogens is 1. The van der Waals surface area contributed by atoms with Crippen LogP contribution in [-0.2, 0) is 0 Å². The van der Waals surface area contributed by atoms with E-state index in [1.54, 1.807) is 0 Å². The highest BCUT2D eigenvalue weighted by Crippen LogP contribution is 2.22. The fourth-order valence-corrected chi connectivity index (χ4v) is 0.589. The van der Waals surface area contributed by atoms with Crippen LogP contribution in [0.1, 0.15) is 4.11 Å². The largest absolute Gasteiger partial charge is 0.311 e. The van der Waals surface area contributed by atoms with Crippen LogP contribution in [-0.4, -0.2) is 9.85 Å². The van der Waals surface area contributed by atoms with Crippen LogP contribution in [0, 0.1) is 26.0 Å². The van der Waals surface area contributed by atoms with Crippen LogP contribution in [0.4, 0.5) is 15.8 Å². The summed E-state index contributed by atoms with van der Waals surface area (Å²) in [5, 5.41) is 20.8. The van der Waals surface area contributed by atoms with Crippen molar-refractivity contribution in [2.24, 2.45) is 0 Å². The molecule has 0 heterocycles. The molecule has 0 saturated heterocycles. The van der Waals surface area contributed by atoms with Crippen molar-refractivity contribution >= 4 is 11.4 Å². The van der Waals surface area contributed by atoms with Gasteiger partial charge in [-0.15, -0.1) is 0 Å². The highest BCUT2D eigenvalue weighted by atomic mass is 19.1. The Labute approximate surface area is 75.1 Å². The molecule has 0 atom stereocenters. The lowest BCUT2D eigenvalue weighted by atomic mass is 10.3. The van der Waals surface area contributed by atoms with E-state index in [0.717, 1.165) is 0 Å². The molecule has 0 radical (unpaired) electrons. The van der Waals surface area contributed by atoms with E-state index < -0.39 is 45.2 Å². The summed E-state index contributed by atoms with van der Waals surface area (Å²) in [7, 11) is 0. The minimum atomic E-state index is -1.72. The molecule has 0 aliphatic carbocycles. The quantitative estimate of drug-likeness (QED) is 0.522. The summed E-state index contributed by atoms with van der Waals surface area (Å²) in [4.78, 5) is 18.2. The Morgan fingerprint density at radius 3 is 2.38 bits per heavy atom. The summed E-state index contributed by atoms with van der Waals surface area (Å²) >= 11 is 0. The Balaban J connectivity index is 3.80. The first-order valence-corrected chi connectivity index (χ1v) is 2.87. The molecule has 0 bridgehead atoms. The molecular formula is C6H3FN2O4. The molecule has 0 aromatic heterocycles. The van der Waals surface area contributed by atoms with E-state index in [9.17, 15) is 24.6 Å². The van der Waals surface area contributed by atoms with Crippen molar-refractivity contribution in [3.63, 3.8) is 0 Å². The summed E-state index contributed by atoms with van der Waals surface area (Å²) in [6.45, 7) is 0. The fraction of sp³-hybridized carbons (Fsp3) is 0. The van der Waals surface area contributed by atoms with Crippen molar-refractivity contribution in [3.8, 4) is 0 Å². The first-order chi connectivity index (χ1) is 7.29. The van der Waals surface area contributed by atoms with Crippen LogP contribution in [0.2, 0.25) is 0 Å². The summed E-state index contributed by atoms with van der Waals surface area (Å²) in [6, 6.07) is -3.74. The minimum absolute atomic E-state index is 1.15. The van der Waals surface area contributed by atoms with E-state index >= 15 is 0 Å². The molecule has 0 amide bonds. The maximum Gasteiger partial charge on any atom is 0.311 e. The Kier molecular flexibility index (Phi) is 1.34. The van der Waals surface area contributed by atoms with E-state index in [-0.39, 0.29) is 0 Å². The van der Waals surface area contributed by atoms with Crippen molar-refractivity contribution in [2.75, 3.05) is 0 Å². The van der Waals surface area contributed by atoms with Gasteiger partial charge < -0.3 is 0 Å². The van der Waals surface area contributed by atoms with Crippen molar-refractivity contribution in [2.45, 2.75) is 0 Å². The number of nitro groups is 2. The van der Waals surface area contributed by atoms with E-state index in [1.807, 2.05) is 0 Å². The van der Waals surface area contributed by atoms with Gasteiger partial charge in [0.05, 0.1) is 20.0 Å². The number of nitrogens with zero attached hydrogens (tertiary/aromatic N) is 2. The van der Waals surface area contributed by atoms with Crippen LogP contribution in [0.3, 0.4) is 0 Å².